The van der Waals surface area contributed by atoms with Gasteiger partial charge in [0, 0.05) is 5.88 Å². The van der Waals surface area contributed by atoms with Crippen molar-refractivity contribution in [2.75, 3.05) is 5.88 Å². The molecule has 0 aromatic heterocycles. The van der Waals surface area contributed by atoms with Crippen molar-refractivity contribution in [3.05, 3.63) is 33.9 Å². The Balaban J connectivity index is 3.49. The second-order valence-corrected chi connectivity index (χ2v) is 6.12. The summed E-state index contributed by atoms with van der Waals surface area (Å²) < 4.78 is 50.5. The standard InChI is InChI=1S/C9H8ClF2NO4S/c1-5(4-10)18(16,17)9-7(11)2-6(13(14)15)3-8(9)12/h2-3,5H,4H2,1H3. The first-order valence-corrected chi connectivity index (χ1v) is 6.73. The van der Waals surface area contributed by atoms with Crippen LogP contribution >= 0.6 is 11.6 Å². The fraction of sp³-hybridized carbons (Fsp3) is 0.333. The van der Waals surface area contributed by atoms with E-state index in [2.05, 4.69) is 0 Å². The summed E-state index contributed by atoms with van der Waals surface area (Å²) in [5.74, 6) is -3.35. The molecule has 1 rings (SSSR count). The number of non-ortho nitro benzene ring substituents is 1. The monoisotopic (exact) mass is 299 g/mol. The lowest BCUT2D eigenvalue weighted by Crippen LogP contribution is -2.22. The lowest BCUT2D eigenvalue weighted by atomic mass is 10.3. The van der Waals surface area contributed by atoms with E-state index in [9.17, 15) is 27.3 Å². The smallest absolute Gasteiger partial charge is 0.258 e. The molecule has 0 aliphatic carbocycles. The molecular weight excluding hydrogens is 292 g/mol. The summed E-state index contributed by atoms with van der Waals surface area (Å²) in [6.07, 6.45) is 0. The van der Waals surface area contributed by atoms with E-state index in [4.69, 9.17) is 11.6 Å². The molecule has 100 valence electrons. The van der Waals surface area contributed by atoms with Crippen LogP contribution < -0.4 is 0 Å². The maximum atomic E-state index is 13.5. The topological polar surface area (TPSA) is 77.3 Å². The molecule has 0 saturated heterocycles. The highest BCUT2D eigenvalue weighted by Gasteiger charge is 2.31. The predicted octanol–water partition coefficient (Wildman–Crippen LogP) is 2.27. The van der Waals surface area contributed by atoms with E-state index in [0.717, 1.165) is 0 Å². The number of nitro groups is 1. The van der Waals surface area contributed by atoms with Gasteiger partial charge in [-0.1, -0.05) is 0 Å². The zero-order chi connectivity index (χ0) is 14.1. The van der Waals surface area contributed by atoms with Gasteiger partial charge < -0.3 is 0 Å². The van der Waals surface area contributed by atoms with Crippen LogP contribution in [0.1, 0.15) is 6.92 Å². The van der Waals surface area contributed by atoms with Gasteiger partial charge in [0.1, 0.15) is 4.90 Å². The van der Waals surface area contributed by atoms with Crippen molar-refractivity contribution in [2.24, 2.45) is 0 Å². The number of nitrogens with zero attached hydrogens (tertiary/aromatic N) is 1. The van der Waals surface area contributed by atoms with E-state index in [0.29, 0.717) is 12.1 Å². The number of hydrogen-bond acceptors (Lipinski definition) is 4. The highest BCUT2D eigenvalue weighted by Crippen LogP contribution is 2.27. The van der Waals surface area contributed by atoms with Crippen LogP contribution in [-0.4, -0.2) is 24.5 Å². The first kappa shape index (κ1) is 14.8. The summed E-state index contributed by atoms with van der Waals surface area (Å²) in [7, 11) is -4.30. The number of halogens is 3. The Bertz CT molecular complexity index is 567. The zero-order valence-corrected chi connectivity index (χ0v) is 10.6. The summed E-state index contributed by atoms with van der Waals surface area (Å²) >= 11 is 5.34. The van der Waals surface area contributed by atoms with Crippen molar-refractivity contribution in [3.63, 3.8) is 0 Å². The first-order valence-electron chi connectivity index (χ1n) is 4.65. The fourth-order valence-electron chi connectivity index (χ4n) is 1.21. The van der Waals surface area contributed by atoms with Gasteiger partial charge in [0.25, 0.3) is 5.69 Å². The van der Waals surface area contributed by atoms with E-state index in [1.54, 1.807) is 0 Å². The second-order valence-electron chi connectivity index (χ2n) is 3.51. The van der Waals surface area contributed by atoms with Crippen molar-refractivity contribution < 1.29 is 22.1 Å². The lowest BCUT2D eigenvalue weighted by Gasteiger charge is -2.11. The number of benzene rings is 1. The molecule has 9 heteroatoms. The normalized spacial score (nSPS) is 13.3. The van der Waals surface area contributed by atoms with Crippen molar-refractivity contribution in [1.29, 1.82) is 0 Å². The Kier molecular flexibility index (Phi) is 4.23. The molecule has 1 unspecified atom stereocenters. The number of alkyl halides is 1. The maximum absolute atomic E-state index is 13.5. The van der Waals surface area contributed by atoms with Crippen LogP contribution in [0.15, 0.2) is 17.0 Å². The van der Waals surface area contributed by atoms with Crippen molar-refractivity contribution in [1.82, 2.24) is 0 Å². The Morgan fingerprint density at radius 2 is 1.83 bits per heavy atom. The molecule has 0 N–H and O–H groups in total. The van der Waals surface area contributed by atoms with Gasteiger partial charge in [0.2, 0.25) is 0 Å². The molecule has 0 bridgehead atoms. The number of nitro benzene ring substituents is 1. The molecule has 0 spiro atoms. The summed E-state index contributed by atoms with van der Waals surface area (Å²) in [4.78, 5) is 8.14. The molecule has 0 aliphatic rings. The number of rotatable bonds is 4. The van der Waals surface area contributed by atoms with Crippen LogP contribution in [0.25, 0.3) is 0 Å². The van der Waals surface area contributed by atoms with E-state index in [1.165, 1.54) is 6.92 Å². The van der Waals surface area contributed by atoms with Gasteiger partial charge >= 0.3 is 0 Å². The summed E-state index contributed by atoms with van der Waals surface area (Å²) in [5, 5.41) is 9.15. The minimum Gasteiger partial charge on any atom is -0.258 e. The quantitative estimate of drug-likeness (QED) is 0.485. The Labute approximate surface area is 106 Å². The van der Waals surface area contributed by atoms with Gasteiger partial charge in [0.05, 0.1) is 22.3 Å². The molecule has 1 atom stereocenters. The molecule has 0 amide bonds. The molecule has 0 saturated carbocycles. The molecule has 5 nitrogen and oxygen atoms in total. The summed E-state index contributed by atoms with van der Waals surface area (Å²) in [6, 6.07) is 0.716. The number of sulfone groups is 1. The van der Waals surface area contributed by atoms with Crippen molar-refractivity contribution in [3.8, 4) is 0 Å². The van der Waals surface area contributed by atoms with Crippen LogP contribution in [0.4, 0.5) is 14.5 Å². The third kappa shape index (κ3) is 2.59. The minimum atomic E-state index is -4.30. The van der Waals surface area contributed by atoms with Crippen LogP contribution in [0.2, 0.25) is 0 Å². The largest absolute Gasteiger partial charge is 0.275 e. The van der Waals surface area contributed by atoms with Crippen LogP contribution in [0, 0.1) is 21.7 Å². The average molecular weight is 300 g/mol. The Hall–Kier alpha value is -1.28. The Morgan fingerprint density at radius 3 is 2.17 bits per heavy atom. The van der Waals surface area contributed by atoms with E-state index in [1.807, 2.05) is 0 Å². The lowest BCUT2D eigenvalue weighted by molar-refractivity contribution is -0.385. The molecule has 1 aromatic carbocycles. The van der Waals surface area contributed by atoms with Gasteiger partial charge in [-0.2, -0.15) is 0 Å². The minimum absolute atomic E-state index is 0.349. The third-order valence-electron chi connectivity index (χ3n) is 2.23. The van der Waals surface area contributed by atoms with E-state index in [-0.39, 0.29) is 5.88 Å². The van der Waals surface area contributed by atoms with E-state index < -0.39 is 42.2 Å². The molecule has 18 heavy (non-hydrogen) atoms. The molecule has 1 aromatic rings. The summed E-state index contributed by atoms with van der Waals surface area (Å²) in [6.45, 7) is 1.18. The molecule has 0 radical (unpaired) electrons. The predicted molar refractivity (Wildman–Crippen MR) is 60.4 cm³/mol. The molecule has 0 aliphatic heterocycles. The van der Waals surface area contributed by atoms with Crippen molar-refractivity contribution in [2.45, 2.75) is 17.1 Å². The highest BCUT2D eigenvalue weighted by molar-refractivity contribution is 7.92. The SMILES string of the molecule is CC(CCl)S(=O)(=O)c1c(F)cc([N+](=O)[O-])cc1F. The van der Waals surface area contributed by atoms with Gasteiger partial charge in [0.15, 0.2) is 21.5 Å². The van der Waals surface area contributed by atoms with Crippen LogP contribution in [-0.2, 0) is 9.84 Å². The number of hydrogen-bond donors (Lipinski definition) is 0. The summed E-state index contributed by atoms with van der Waals surface area (Å²) in [5.41, 5.74) is -0.859. The van der Waals surface area contributed by atoms with Crippen LogP contribution in [0.3, 0.4) is 0 Å². The molecular formula is C9H8ClF2NO4S. The van der Waals surface area contributed by atoms with Gasteiger partial charge in [-0.3, -0.25) is 10.1 Å². The van der Waals surface area contributed by atoms with Gasteiger partial charge in [-0.25, -0.2) is 17.2 Å². The van der Waals surface area contributed by atoms with Crippen LogP contribution in [0.5, 0.6) is 0 Å². The van der Waals surface area contributed by atoms with Crippen molar-refractivity contribution >= 4 is 27.1 Å². The van der Waals surface area contributed by atoms with E-state index >= 15 is 0 Å². The molecule has 0 heterocycles. The van der Waals surface area contributed by atoms with Gasteiger partial charge in [-0.05, 0) is 6.92 Å². The maximum Gasteiger partial charge on any atom is 0.275 e. The first-order chi connectivity index (χ1) is 8.21. The van der Waals surface area contributed by atoms with Gasteiger partial charge in [-0.15, -0.1) is 11.6 Å². The highest BCUT2D eigenvalue weighted by atomic mass is 35.5. The average Bonchev–Trinajstić information content (AvgIpc) is 2.26. The fourth-order valence-corrected chi connectivity index (χ4v) is 2.94. The second kappa shape index (κ2) is 5.15. The molecule has 0 fully saturated rings. The third-order valence-corrected chi connectivity index (χ3v) is 5.06. The zero-order valence-electron chi connectivity index (χ0n) is 9.06. The Morgan fingerprint density at radius 1 is 1.39 bits per heavy atom.